The first kappa shape index (κ1) is 22.6. The van der Waals surface area contributed by atoms with Crippen molar-refractivity contribution in [3.05, 3.63) is 64.7 Å². The first-order chi connectivity index (χ1) is 13.6. The van der Waals surface area contributed by atoms with E-state index >= 15 is 0 Å². The van der Waals surface area contributed by atoms with Gasteiger partial charge in [-0.25, -0.2) is 0 Å². The van der Waals surface area contributed by atoms with Crippen molar-refractivity contribution in [2.75, 3.05) is 24.8 Å². The normalized spacial score (nSPS) is 12.6. The Morgan fingerprint density at radius 3 is 2.28 bits per heavy atom. The fourth-order valence-corrected chi connectivity index (χ4v) is 5.06. The van der Waals surface area contributed by atoms with Gasteiger partial charge in [0.05, 0.1) is 0 Å². The number of benzene rings is 2. The average molecular weight is 412 g/mol. The number of ether oxygens (including phenoxy) is 1. The van der Waals surface area contributed by atoms with Crippen molar-refractivity contribution in [3.8, 4) is 6.07 Å². The Labute approximate surface area is 173 Å². The van der Waals surface area contributed by atoms with E-state index in [-0.39, 0.29) is 30.3 Å². The molecule has 2 aromatic carbocycles. The van der Waals surface area contributed by atoms with Crippen LogP contribution >= 0.6 is 7.26 Å². The van der Waals surface area contributed by atoms with Crippen molar-refractivity contribution >= 4 is 24.8 Å². The van der Waals surface area contributed by atoms with Gasteiger partial charge in [0.15, 0.2) is 0 Å². The number of aryl methyl sites for hydroxylation is 2. The van der Waals surface area contributed by atoms with E-state index in [9.17, 15) is 9.59 Å². The minimum absolute atomic E-state index is 0.103. The molecule has 0 aromatic heterocycles. The molecule has 0 saturated heterocycles. The van der Waals surface area contributed by atoms with Crippen LogP contribution in [0.15, 0.2) is 42.5 Å². The Hall–Kier alpha value is -2.70. The van der Waals surface area contributed by atoms with Crippen LogP contribution in [0.5, 0.6) is 0 Å². The van der Waals surface area contributed by atoms with Gasteiger partial charge in [0.1, 0.15) is 0 Å². The van der Waals surface area contributed by atoms with Crippen LogP contribution in [0.1, 0.15) is 29.2 Å². The molecule has 1 N–H and O–H groups in total. The van der Waals surface area contributed by atoms with Gasteiger partial charge in [0.2, 0.25) is 0 Å². The van der Waals surface area contributed by atoms with E-state index in [2.05, 4.69) is 11.4 Å². The Morgan fingerprint density at radius 1 is 1.14 bits per heavy atom. The van der Waals surface area contributed by atoms with E-state index in [1.54, 1.807) is 12.1 Å². The summed E-state index contributed by atoms with van der Waals surface area (Å²) in [6.07, 6.45) is 0.278. The molecule has 1 unspecified atom stereocenters. The van der Waals surface area contributed by atoms with Crippen LogP contribution in [0.3, 0.4) is 0 Å². The van der Waals surface area contributed by atoms with Gasteiger partial charge in [-0.1, -0.05) is 0 Å². The number of nitrogens with one attached hydrogen (secondary N) is 1. The van der Waals surface area contributed by atoms with Crippen LogP contribution in [-0.4, -0.2) is 37.0 Å². The number of nitrogens with zero attached hydrogens (tertiary/aromatic N) is 1. The van der Waals surface area contributed by atoms with Gasteiger partial charge in [0, 0.05) is 0 Å². The van der Waals surface area contributed by atoms with Crippen LogP contribution in [0.4, 0.5) is 5.69 Å². The number of esters is 1. The summed E-state index contributed by atoms with van der Waals surface area (Å²) in [4.78, 5) is 25.2. The summed E-state index contributed by atoms with van der Waals surface area (Å²) in [5, 5.41) is 12.1. The molecule has 0 spiro atoms. The second-order valence-electron chi connectivity index (χ2n) is 8.12. The number of carbonyl (C=O) groups is 2. The molecule has 0 aliphatic rings. The van der Waals surface area contributed by atoms with E-state index in [0.717, 1.165) is 22.4 Å². The van der Waals surface area contributed by atoms with Crippen LogP contribution < -0.4 is 5.32 Å². The minimum atomic E-state index is -2.22. The molecule has 1 amide bonds. The molecule has 2 rings (SSSR count). The van der Waals surface area contributed by atoms with E-state index in [1.165, 1.54) is 0 Å². The van der Waals surface area contributed by atoms with Gasteiger partial charge in [-0.05, 0) is 0 Å². The van der Waals surface area contributed by atoms with Crippen LogP contribution in [0.2, 0.25) is 0 Å². The second-order valence-corrected chi connectivity index (χ2v) is 13.3. The second kappa shape index (κ2) is 9.67. The molecule has 2 aromatic rings. The van der Waals surface area contributed by atoms with Crippen molar-refractivity contribution in [1.82, 2.24) is 0 Å². The summed E-state index contributed by atoms with van der Waals surface area (Å²) in [6, 6.07) is 15.2. The maximum absolute atomic E-state index is 12.9. The van der Waals surface area contributed by atoms with E-state index in [1.807, 2.05) is 64.4 Å². The average Bonchev–Trinajstić information content (AvgIpc) is 2.68. The third kappa shape index (κ3) is 6.14. The van der Waals surface area contributed by atoms with Crippen LogP contribution in [0, 0.1) is 25.2 Å². The Balaban J connectivity index is 2.00. The molecule has 0 radical (unpaired) electrons. The third-order valence-corrected chi connectivity index (χ3v) is 9.12. The Kier molecular flexibility index (Phi) is 7.53. The number of nitriles is 1. The predicted molar refractivity (Wildman–Crippen MR) is 120 cm³/mol. The molecule has 0 bridgehead atoms. The van der Waals surface area contributed by atoms with Gasteiger partial charge >= 0.3 is 173 Å². The Bertz CT molecular complexity index is 910. The first-order valence-corrected chi connectivity index (χ1v) is 12.9. The van der Waals surface area contributed by atoms with Crippen molar-refractivity contribution in [3.63, 3.8) is 0 Å². The fraction of sp³-hybridized carbons (Fsp3) is 0.348. The summed E-state index contributed by atoms with van der Waals surface area (Å²) >= 11 is 0. The fourth-order valence-electron chi connectivity index (χ4n) is 3.13. The first-order valence-electron chi connectivity index (χ1n) is 9.66. The van der Waals surface area contributed by atoms with Crippen LogP contribution in [-0.2, 0) is 20.9 Å². The number of hydrogen-bond acceptors (Lipinski definition) is 4. The molecule has 0 aliphatic carbocycles. The zero-order chi connectivity index (χ0) is 21.6. The number of carbonyl (C=O) groups excluding carboxylic acids is 2. The van der Waals surface area contributed by atoms with Crippen molar-refractivity contribution in [2.24, 2.45) is 0 Å². The van der Waals surface area contributed by atoms with E-state index < -0.39 is 7.26 Å². The Morgan fingerprint density at radius 2 is 1.72 bits per heavy atom. The monoisotopic (exact) mass is 412 g/mol. The SMILES string of the molecule is Cc1cc(C#N)cc(C)c1NC(=O)C(C)[PH](C)(C)CC(=O)OCc1ccccc1. The summed E-state index contributed by atoms with van der Waals surface area (Å²) in [5.41, 5.74) is 3.67. The summed E-state index contributed by atoms with van der Waals surface area (Å²) < 4.78 is 5.41. The quantitative estimate of drug-likeness (QED) is 0.545. The molecule has 0 fully saturated rings. The summed E-state index contributed by atoms with van der Waals surface area (Å²) in [5.74, 6) is -0.371. The van der Waals surface area contributed by atoms with Gasteiger partial charge in [0.25, 0.3) is 0 Å². The molecule has 29 heavy (non-hydrogen) atoms. The zero-order valence-corrected chi connectivity index (χ0v) is 18.7. The number of rotatable bonds is 7. The van der Waals surface area contributed by atoms with Crippen LogP contribution in [0.25, 0.3) is 0 Å². The molecule has 0 saturated carbocycles. The molecule has 6 heteroatoms. The maximum atomic E-state index is 12.9. The molecular weight excluding hydrogens is 383 g/mol. The van der Waals surface area contributed by atoms with Gasteiger partial charge in [-0.15, -0.1) is 0 Å². The van der Waals surface area contributed by atoms with Gasteiger partial charge in [-0.3, -0.25) is 0 Å². The molecule has 5 nitrogen and oxygen atoms in total. The van der Waals surface area contributed by atoms with Gasteiger partial charge in [-0.2, -0.15) is 0 Å². The number of anilines is 1. The van der Waals surface area contributed by atoms with Gasteiger partial charge < -0.3 is 0 Å². The molecule has 0 heterocycles. The number of amides is 1. The van der Waals surface area contributed by atoms with Crippen molar-refractivity contribution in [1.29, 1.82) is 5.26 Å². The standard InChI is InChI=1S/C23H29N2O3P/c1-16-11-20(13-24)12-17(2)22(16)25-23(27)18(3)29(4,5)15-21(26)28-14-19-9-7-6-8-10-19/h6-12,18,29H,14-15H2,1-5H3,(H,25,27). The third-order valence-electron chi connectivity index (χ3n) is 5.32. The molecule has 1 atom stereocenters. The van der Waals surface area contributed by atoms with E-state index in [0.29, 0.717) is 5.56 Å². The molecule has 0 aliphatic heterocycles. The molecule has 154 valence electrons. The van der Waals surface area contributed by atoms with E-state index in [4.69, 9.17) is 10.00 Å². The zero-order valence-electron chi connectivity index (χ0n) is 17.7. The van der Waals surface area contributed by atoms with Crippen molar-refractivity contribution in [2.45, 2.75) is 33.0 Å². The topological polar surface area (TPSA) is 79.2 Å². The summed E-state index contributed by atoms with van der Waals surface area (Å²) in [6.45, 7) is 9.92. The van der Waals surface area contributed by atoms with Crippen molar-refractivity contribution < 1.29 is 14.3 Å². The molecular formula is C23H29N2O3P. The predicted octanol–water partition coefficient (Wildman–Crippen LogP) is 4.26. The summed E-state index contributed by atoms with van der Waals surface area (Å²) in [7, 11) is -2.22. The number of hydrogen-bond donors (Lipinski definition) is 1.